The van der Waals surface area contributed by atoms with Gasteiger partial charge in [0.15, 0.2) is 10.8 Å². The number of halogens is 1. The highest BCUT2D eigenvalue weighted by Gasteiger charge is 2.59. The van der Waals surface area contributed by atoms with E-state index in [1.807, 2.05) is 23.1 Å². The molecule has 6 rings (SSSR count). The standard InChI is InChI=1S/C24H22ClN7OS/c25-19-10-18(13-28-21(19)12-26)31-22(33)24(6-1-7-24)32(23(31)34)17-3-2-15-14-30(29-20(15)11-17)16-4-8-27-9-5-16/h2-3,10-11,13-14,16,27H,1,4-9H2. The number of aromatic nitrogens is 3. The molecule has 1 N–H and O–H groups in total. The number of carbonyl (C=O) groups excluding carboxylic acids is 1. The van der Waals surface area contributed by atoms with Crippen molar-refractivity contribution < 1.29 is 4.79 Å². The first-order valence-electron chi connectivity index (χ1n) is 11.5. The van der Waals surface area contributed by atoms with E-state index in [1.54, 1.807) is 6.07 Å². The lowest BCUT2D eigenvalue weighted by molar-refractivity contribution is -0.123. The smallest absolute Gasteiger partial charge is 0.259 e. The molecule has 1 spiro atoms. The van der Waals surface area contributed by atoms with Gasteiger partial charge in [0.05, 0.1) is 28.5 Å². The summed E-state index contributed by atoms with van der Waals surface area (Å²) in [4.78, 5) is 21.3. The van der Waals surface area contributed by atoms with Gasteiger partial charge in [-0.25, -0.2) is 4.98 Å². The molecule has 10 heteroatoms. The molecule has 4 heterocycles. The maximum absolute atomic E-state index is 13.7. The summed E-state index contributed by atoms with van der Waals surface area (Å²) in [6, 6.07) is 10.0. The average molecular weight is 492 g/mol. The number of thiocarbonyl (C=S) groups is 1. The molecule has 0 bridgehead atoms. The predicted octanol–water partition coefficient (Wildman–Crippen LogP) is 3.94. The summed E-state index contributed by atoms with van der Waals surface area (Å²) in [6.45, 7) is 2.01. The minimum absolute atomic E-state index is 0.0772. The Kier molecular flexibility index (Phi) is 5.06. The van der Waals surface area contributed by atoms with Crippen molar-refractivity contribution in [1.82, 2.24) is 20.1 Å². The van der Waals surface area contributed by atoms with Crippen LogP contribution >= 0.6 is 23.8 Å². The van der Waals surface area contributed by atoms with Crippen LogP contribution in [0.2, 0.25) is 5.02 Å². The summed E-state index contributed by atoms with van der Waals surface area (Å²) in [5.74, 6) is -0.0772. The van der Waals surface area contributed by atoms with Gasteiger partial charge in [0.1, 0.15) is 11.6 Å². The first-order valence-corrected chi connectivity index (χ1v) is 12.2. The largest absolute Gasteiger partial charge is 0.317 e. The second-order valence-electron chi connectivity index (χ2n) is 9.11. The first-order chi connectivity index (χ1) is 16.5. The fourth-order valence-electron chi connectivity index (χ4n) is 5.26. The fraction of sp³-hybridized carbons (Fsp3) is 0.375. The third-order valence-electron chi connectivity index (χ3n) is 7.23. The topological polar surface area (TPSA) is 90.1 Å². The number of carbonyl (C=O) groups is 1. The molecular formula is C24H22ClN7OS. The van der Waals surface area contributed by atoms with Crippen LogP contribution in [0.25, 0.3) is 10.9 Å². The summed E-state index contributed by atoms with van der Waals surface area (Å²) in [5.41, 5.74) is 1.64. The second kappa shape index (κ2) is 8.01. The minimum atomic E-state index is -0.706. The summed E-state index contributed by atoms with van der Waals surface area (Å²) in [6.07, 6.45) is 8.11. The molecule has 0 unspecified atom stereocenters. The molecule has 1 saturated carbocycles. The van der Waals surface area contributed by atoms with Gasteiger partial charge in [-0.1, -0.05) is 11.6 Å². The lowest BCUT2D eigenvalue weighted by atomic mass is 9.75. The number of nitriles is 1. The molecule has 2 aliphatic heterocycles. The van der Waals surface area contributed by atoms with Crippen LogP contribution in [0.15, 0.2) is 36.7 Å². The Bertz CT molecular complexity index is 1370. The summed E-state index contributed by atoms with van der Waals surface area (Å²) >= 11 is 12.1. The number of anilines is 2. The Labute approximate surface area is 207 Å². The number of pyridine rings is 1. The predicted molar refractivity (Wildman–Crippen MR) is 134 cm³/mol. The number of rotatable bonds is 3. The number of amides is 1. The van der Waals surface area contributed by atoms with Gasteiger partial charge in [-0.05, 0) is 81.7 Å². The summed E-state index contributed by atoms with van der Waals surface area (Å²) < 4.78 is 2.08. The number of hydrogen-bond acceptors (Lipinski definition) is 6. The van der Waals surface area contributed by atoms with Crippen molar-refractivity contribution in [2.45, 2.75) is 43.7 Å². The van der Waals surface area contributed by atoms with Gasteiger partial charge in [-0.15, -0.1) is 0 Å². The van der Waals surface area contributed by atoms with E-state index in [2.05, 4.69) is 27.2 Å². The Morgan fingerprint density at radius 2 is 2.00 bits per heavy atom. The van der Waals surface area contributed by atoms with E-state index >= 15 is 0 Å². The van der Waals surface area contributed by atoms with Crippen molar-refractivity contribution in [3.63, 3.8) is 0 Å². The monoisotopic (exact) mass is 491 g/mol. The van der Waals surface area contributed by atoms with Crippen LogP contribution in [0.4, 0.5) is 11.4 Å². The molecular weight excluding hydrogens is 470 g/mol. The zero-order valence-electron chi connectivity index (χ0n) is 18.4. The molecule has 0 atom stereocenters. The molecule has 2 aromatic heterocycles. The SMILES string of the molecule is N#Cc1ncc(N2C(=O)C3(CCC3)N(c3ccc4cn(C5CCNCC5)nc4c3)C2=S)cc1Cl. The van der Waals surface area contributed by atoms with Crippen molar-refractivity contribution in [1.29, 1.82) is 5.26 Å². The van der Waals surface area contributed by atoms with Gasteiger partial charge in [0, 0.05) is 17.3 Å². The first kappa shape index (κ1) is 21.5. The van der Waals surface area contributed by atoms with Crippen LogP contribution in [0, 0.1) is 11.3 Å². The molecule has 0 radical (unpaired) electrons. The minimum Gasteiger partial charge on any atom is -0.317 e. The lowest BCUT2D eigenvalue weighted by Gasteiger charge is -2.43. The van der Waals surface area contributed by atoms with Crippen molar-refractivity contribution in [2.24, 2.45) is 0 Å². The third kappa shape index (κ3) is 3.13. The van der Waals surface area contributed by atoms with E-state index in [1.165, 1.54) is 11.1 Å². The Morgan fingerprint density at radius 3 is 2.68 bits per heavy atom. The number of nitrogens with one attached hydrogen (secondary N) is 1. The number of benzene rings is 1. The number of piperidine rings is 1. The molecule has 3 fully saturated rings. The average Bonchev–Trinajstić information content (AvgIpc) is 3.35. The van der Waals surface area contributed by atoms with Crippen molar-refractivity contribution in [2.75, 3.05) is 22.9 Å². The maximum Gasteiger partial charge on any atom is 0.259 e. The number of fused-ring (bicyclic) bond motifs is 1. The highest BCUT2D eigenvalue weighted by atomic mass is 35.5. The molecule has 172 valence electrons. The van der Waals surface area contributed by atoms with Gasteiger partial charge in [0.2, 0.25) is 0 Å². The zero-order chi connectivity index (χ0) is 23.4. The van der Waals surface area contributed by atoms with E-state index in [0.717, 1.165) is 61.8 Å². The van der Waals surface area contributed by atoms with Gasteiger partial charge in [-0.2, -0.15) is 10.4 Å². The highest BCUT2D eigenvalue weighted by molar-refractivity contribution is 7.81. The van der Waals surface area contributed by atoms with Gasteiger partial charge < -0.3 is 10.2 Å². The Hall–Kier alpha value is -3.06. The van der Waals surface area contributed by atoms with Crippen LogP contribution in [-0.2, 0) is 4.79 Å². The molecule has 1 aliphatic carbocycles. The van der Waals surface area contributed by atoms with E-state index in [-0.39, 0.29) is 16.6 Å². The fourth-order valence-corrected chi connectivity index (χ4v) is 5.93. The number of nitrogens with zero attached hydrogens (tertiary/aromatic N) is 6. The highest BCUT2D eigenvalue weighted by Crippen LogP contribution is 2.48. The molecule has 34 heavy (non-hydrogen) atoms. The van der Waals surface area contributed by atoms with Crippen LogP contribution in [0.1, 0.15) is 43.8 Å². The van der Waals surface area contributed by atoms with Crippen LogP contribution in [-0.4, -0.2) is 44.4 Å². The van der Waals surface area contributed by atoms with Crippen LogP contribution < -0.4 is 15.1 Å². The normalized spacial score (nSPS) is 20.2. The maximum atomic E-state index is 13.7. The second-order valence-corrected chi connectivity index (χ2v) is 9.89. The third-order valence-corrected chi connectivity index (χ3v) is 7.89. The molecule has 1 amide bonds. The van der Waals surface area contributed by atoms with E-state index in [0.29, 0.717) is 16.8 Å². The molecule has 3 aliphatic rings. The van der Waals surface area contributed by atoms with E-state index in [9.17, 15) is 4.79 Å². The van der Waals surface area contributed by atoms with Crippen LogP contribution in [0.5, 0.6) is 0 Å². The molecule has 3 aromatic rings. The molecule has 1 aromatic carbocycles. The van der Waals surface area contributed by atoms with Crippen molar-refractivity contribution in [3.8, 4) is 6.07 Å². The molecule has 8 nitrogen and oxygen atoms in total. The summed E-state index contributed by atoms with van der Waals surface area (Å²) in [5, 5.41) is 19.1. The number of hydrogen-bond donors (Lipinski definition) is 1. The lowest BCUT2D eigenvalue weighted by Crippen LogP contribution is -2.55. The Balaban J connectivity index is 1.38. The van der Waals surface area contributed by atoms with Crippen molar-refractivity contribution >= 4 is 57.1 Å². The van der Waals surface area contributed by atoms with Gasteiger partial charge in [-0.3, -0.25) is 14.4 Å². The molecule has 2 saturated heterocycles. The van der Waals surface area contributed by atoms with E-state index in [4.69, 9.17) is 34.2 Å². The van der Waals surface area contributed by atoms with Gasteiger partial charge >= 0.3 is 0 Å². The zero-order valence-corrected chi connectivity index (χ0v) is 19.9. The quantitative estimate of drug-likeness (QED) is 0.555. The van der Waals surface area contributed by atoms with E-state index < -0.39 is 5.54 Å². The van der Waals surface area contributed by atoms with Gasteiger partial charge in [0.25, 0.3) is 5.91 Å². The Morgan fingerprint density at radius 1 is 1.21 bits per heavy atom. The van der Waals surface area contributed by atoms with Crippen LogP contribution in [0.3, 0.4) is 0 Å². The summed E-state index contributed by atoms with van der Waals surface area (Å²) in [7, 11) is 0. The van der Waals surface area contributed by atoms with Crippen molar-refractivity contribution in [3.05, 3.63) is 47.4 Å².